The Balaban J connectivity index is 2.47. The number of allylic oxidation sites excluding steroid dienone is 2. The van der Waals surface area contributed by atoms with Gasteiger partial charge in [-0.25, -0.2) is 4.79 Å². The Morgan fingerprint density at radius 1 is 1.77 bits per heavy atom. The third-order valence-corrected chi connectivity index (χ3v) is 2.37. The van der Waals surface area contributed by atoms with Gasteiger partial charge in [-0.15, -0.1) is 11.6 Å². The number of alkyl halides is 1. The fourth-order valence-electron chi connectivity index (χ4n) is 1.37. The minimum atomic E-state index is -0.997. The largest absolute Gasteiger partial charge is 0.477 e. The van der Waals surface area contributed by atoms with E-state index in [1.54, 1.807) is 12.3 Å². The first-order valence-electron chi connectivity index (χ1n) is 3.80. The highest BCUT2D eigenvalue weighted by atomic mass is 35.5. The first-order valence-corrected chi connectivity index (χ1v) is 4.24. The maximum atomic E-state index is 10.7. The van der Waals surface area contributed by atoms with Crippen LogP contribution in [0.2, 0.25) is 0 Å². The maximum Gasteiger partial charge on any atom is 0.354 e. The third kappa shape index (κ3) is 1.23. The van der Waals surface area contributed by atoms with Crippen molar-refractivity contribution in [1.82, 2.24) is 5.32 Å². The summed E-state index contributed by atoms with van der Waals surface area (Å²) >= 11 is 5.95. The van der Waals surface area contributed by atoms with Crippen molar-refractivity contribution < 1.29 is 9.90 Å². The first-order chi connectivity index (χ1) is 6.20. The van der Waals surface area contributed by atoms with E-state index in [1.807, 2.05) is 0 Å². The van der Waals surface area contributed by atoms with Crippen LogP contribution in [-0.4, -0.2) is 29.2 Å². The van der Waals surface area contributed by atoms with E-state index >= 15 is 0 Å². The van der Waals surface area contributed by atoms with Gasteiger partial charge in [-0.3, -0.25) is 4.99 Å². The van der Waals surface area contributed by atoms with Gasteiger partial charge in [0, 0.05) is 18.3 Å². The summed E-state index contributed by atoms with van der Waals surface area (Å²) in [6.45, 7) is 0.432. The van der Waals surface area contributed by atoms with Crippen molar-refractivity contribution in [1.29, 1.82) is 0 Å². The molecule has 2 rings (SSSR count). The van der Waals surface area contributed by atoms with E-state index in [9.17, 15) is 4.79 Å². The fraction of sp³-hybridized carbons (Fsp3) is 0.250. The molecule has 5 heteroatoms. The quantitative estimate of drug-likeness (QED) is 0.604. The number of aliphatic carboxylic acids is 1. The number of fused-ring (bicyclic) bond motifs is 1. The van der Waals surface area contributed by atoms with Crippen LogP contribution in [0.15, 0.2) is 28.0 Å². The molecular weight excluding hydrogens is 192 g/mol. The summed E-state index contributed by atoms with van der Waals surface area (Å²) in [5, 5.41) is 11.3. The monoisotopic (exact) mass is 198 g/mol. The van der Waals surface area contributed by atoms with Crippen LogP contribution in [-0.2, 0) is 4.79 Å². The van der Waals surface area contributed by atoms with E-state index in [1.165, 1.54) is 0 Å². The number of rotatable bonds is 1. The lowest BCUT2D eigenvalue weighted by Crippen LogP contribution is -2.34. The van der Waals surface area contributed by atoms with E-state index in [2.05, 4.69) is 10.3 Å². The zero-order chi connectivity index (χ0) is 9.42. The summed E-state index contributed by atoms with van der Waals surface area (Å²) in [7, 11) is 0. The molecule has 68 valence electrons. The summed E-state index contributed by atoms with van der Waals surface area (Å²) in [4.78, 5) is 14.7. The van der Waals surface area contributed by atoms with Gasteiger partial charge in [-0.2, -0.15) is 0 Å². The lowest BCUT2D eigenvalue weighted by molar-refractivity contribution is -0.133. The molecule has 0 aromatic carbocycles. The van der Waals surface area contributed by atoms with Crippen molar-refractivity contribution >= 4 is 23.8 Å². The molecule has 1 unspecified atom stereocenters. The van der Waals surface area contributed by atoms with Crippen LogP contribution in [0, 0.1) is 0 Å². The number of hydrogen-bond acceptors (Lipinski definition) is 3. The highest BCUT2D eigenvalue weighted by molar-refractivity contribution is 6.23. The van der Waals surface area contributed by atoms with Crippen molar-refractivity contribution in [2.24, 2.45) is 4.99 Å². The standard InChI is InChI=1S/C8H7ClN2O2/c9-5-3-11-7(8(12)13)6-4(5)1-2-10-6/h1-2,5,11H,3H2,(H,12,13). The van der Waals surface area contributed by atoms with Crippen LogP contribution in [0.3, 0.4) is 0 Å². The second kappa shape index (κ2) is 2.88. The lowest BCUT2D eigenvalue weighted by Gasteiger charge is -2.21. The Bertz CT molecular complexity index is 357. The van der Waals surface area contributed by atoms with E-state index in [0.717, 1.165) is 5.57 Å². The molecule has 0 aromatic rings. The van der Waals surface area contributed by atoms with Gasteiger partial charge in [0.1, 0.15) is 5.70 Å². The molecule has 0 fully saturated rings. The average Bonchev–Trinajstić information content (AvgIpc) is 2.53. The van der Waals surface area contributed by atoms with Gasteiger partial charge in [0.15, 0.2) is 0 Å². The Kier molecular flexibility index (Phi) is 1.84. The van der Waals surface area contributed by atoms with Crippen LogP contribution in [0.25, 0.3) is 0 Å². The van der Waals surface area contributed by atoms with Gasteiger partial charge >= 0.3 is 5.97 Å². The lowest BCUT2D eigenvalue weighted by atomic mass is 10.0. The van der Waals surface area contributed by atoms with E-state index < -0.39 is 5.97 Å². The molecule has 0 saturated heterocycles. The summed E-state index contributed by atoms with van der Waals surface area (Å²) in [5.41, 5.74) is 1.38. The minimum Gasteiger partial charge on any atom is -0.477 e. The van der Waals surface area contributed by atoms with Crippen LogP contribution in [0.1, 0.15) is 0 Å². The molecule has 0 radical (unpaired) electrons. The van der Waals surface area contributed by atoms with E-state index in [-0.39, 0.29) is 11.1 Å². The summed E-state index contributed by atoms with van der Waals surface area (Å²) in [5.74, 6) is -0.997. The topological polar surface area (TPSA) is 61.7 Å². The number of nitrogens with one attached hydrogen (secondary N) is 1. The molecule has 0 amide bonds. The molecule has 2 aliphatic heterocycles. The number of aliphatic imine (C=N–C) groups is 1. The van der Waals surface area contributed by atoms with Crippen molar-refractivity contribution in [2.75, 3.05) is 6.54 Å². The smallest absolute Gasteiger partial charge is 0.354 e. The predicted octanol–water partition coefficient (Wildman–Crippen LogP) is 0.504. The second-order valence-electron chi connectivity index (χ2n) is 2.78. The van der Waals surface area contributed by atoms with Gasteiger partial charge in [0.25, 0.3) is 0 Å². The van der Waals surface area contributed by atoms with Crippen LogP contribution < -0.4 is 5.32 Å². The summed E-state index contributed by atoms with van der Waals surface area (Å²) < 4.78 is 0. The predicted molar refractivity (Wildman–Crippen MR) is 48.9 cm³/mol. The maximum absolute atomic E-state index is 10.7. The first kappa shape index (κ1) is 8.31. The second-order valence-corrected chi connectivity index (χ2v) is 3.30. The number of nitrogens with zero attached hydrogens (tertiary/aromatic N) is 1. The molecule has 13 heavy (non-hydrogen) atoms. The van der Waals surface area contributed by atoms with Gasteiger partial charge in [-0.1, -0.05) is 0 Å². The van der Waals surface area contributed by atoms with Crippen LogP contribution in [0.5, 0.6) is 0 Å². The van der Waals surface area contributed by atoms with Crippen LogP contribution in [0.4, 0.5) is 0 Å². The number of carboxylic acid groups (broad SMARTS) is 1. The van der Waals surface area contributed by atoms with E-state index in [4.69, 9.17) is 16.7 Å². The Labute approximate surface area is 79.6 Å². The number of carboxylic acids is 1. The van der Waals surface area contributed by atoms with E-state index in [0.29, 0.717) is 12.2 Å². The van der Waals surface area contributed by atoms with Gasteiger partial charge < -0.3 is 10.4 Å². The zero-order valence-electron chi connectivity index (χ0n) is 6.62. The summed E-state index contributed by atoms with van der Waals surface area (Å²) in [6, 6.07) is 0. The molecule has 1 atom stereocenters. The zero-order valence-corrected chi connectivity index (χ0v) is 7.38. The normalized spacial score (nSPS) is 25.3. The fourth-order valence-corrected chi connectivity index (χ4v) is 1.62. The molecule has 0 bridgehead atoms. The minimum absolute atomic E-state index is 0.136. The number of halogens is 1. The molecule has 0 saturated carbocycles. The van der Waals surface area contributed by atoms with Crippen molar-refractivity contribution in [3.8, 4) is 0 Å². The van der Waals surface area contributed by atoms with Gasteiger partial charge in [-0.05, 0) is 6.08 Å². The molecule has 2 heterocycles. The highest BCUT2D eigenvalue weighted by Crippen LogP contribution is 2.28. The molecule has 2 N–H and O–H groups in total. The van der Waals surface area contributed by atoms with Gasteiger partial charge in [0.05, 0.1) is 11.1 Å². The third-order valence-electron chi connectivity index (χ3n) is 1.98. The van der Waals surface area contributed by atoms with Crippen molar-refractivity contribution in [3.05, 3.63) is 23.0 Å². The van der Waals surface area contributed by atoms with Crippen molar-refractivity contribution in [2.45, 2.75) is 5.38 Å². The summed E-state index contributed by atoms with van der Waals surface area (Å²) in [6.07, 6.45) is 3.31. The molecule has 2 aliphatic rings. The van der Waals surface area contributed by atoms with Crippen LogP contribution >= 0.6 is 11.6 Å². The highest BCUT2D eigenvalue weighted by Gasteiger charge is 2.28. The number of hydrogen-bond donors (Lipinski definition) is 2. The molecular formula is C8H7ClN2O2. The average molecular weight is 199 g/mol. The molecule has 4 nitrogen and oxygen atoms in total. The molecule has 0 aromatic heterocycles. The SMILES string of the molecule is O=C(O)C1=C2N=CC=C2C(Cl)CN1. The molecule has 0 aliphatic carbocycles. The number of carbonyl (C=O) groups is 1. The van der Waals surface area contributed by atoms with Gasteiger partial charge in [0.2, 0.25) is 0 Å². The Morgan fingerprint density at radius 2 is 2.54 bits per heavy atom. The van der Waals surface area contributed by atoms with Crippen molar-refractivity contribution in [3.63, 3.8) is 0 Å². The molecule has 0 spiro atoms. The Morgan fingerprint density at radius 3 is 3.23 bits per heavy atom. The Hall–Kier alpha value is -1.29.